The zero-order valence-electron chi connectivity index (χ0n) is 16.8. The SMILES string of the molecule is CCOc1ccc(-n2nc(C(=O)N/N=C/c3cccc(Br)c3)c(C)c(C#N)c2=O)cc1. The fraction of sp³-hybridized carbons (Fsp3) is 0.136. The molecule has 0 radical (unpaired) electrons. The van der Waals surface area contributed by atoms with E-state index in [4.69, 9.17) is 4.74 Å². The largest absolute Gasteiger partial charge is 0.494 e. The zero-order chi connectivity index (χ0) is 22.4. The summed E-state index contributed by atoms with van der Waals surface area (Å²) in [7, 11) is 0. The molecule has 0 saturated heterocycles. The average molecular weight is 480 g/mol. The normalized spacial score (nSPS) is 10.6. The number of nitrogens with one attached hydrogen (secondary N) is 1. The summed E-state index contributed by atoms with van der Waals surface area (Å²) in [6, 6.07) is 15.9. The fourth-order valence-corrected chi connectivity index (χ4v) is 3.20. The molecule has 0 aliphatic rings. The molecule has 0 bridgehead atoms. The molecule has 1 aromatic heterocycles. The zero-order valence-corrected chi connectivity index (χ0v) is 18.4. The molecular weight excluding hydrogens is 462 g/mol. The predicted molar refractivity (Wildman–Crippen MR) is 120 cm³/mol. The van der Waals surface area contributed by atoms with Crippen LogP contribution in [0.3, 0.4) is 0 Å². The molecule has 3 aromatic rings. The number of halogens is 1. The highest BCUT2D eigenvalue weighted by atomic mass is 79.9. The second-order valence-electron chi connectivity index (χ2n) is 6.36. The van der Waals surface area contributed by atoms with Crippen molar-refractivity contribution in [1.82, 2.24) is 15.2 Å². The standard InChI is InChI=1S/C22H18BrN5O3/c1-3-31-18-9-7-17(8-10-18)28-22(30)19(12-24)14(2)20(27-28)21(29)26-25-13-15-5-4-6-16(23)11-15/h4-11,13H,3H2,1-2H3,(H,26,29)/b25-13+. The van der Waals surface area contributed by atoms with Crippen LogP contribution < -0.4 is 15.7 Å². The summed E-state index contributed by atoms with van der Waals surface area (Å²) >= 11 is 3.37. The second-order valence-corrected chi connectivity index (χ2v) is 7.27. The van der Waals surface area contributed by atoms with Crippen LogP contribution in [0.1, 0.15) is 34.1 Å². The first-order chi connectivity index (χ1) is 14.9. The lowest BCUT2D eigenvalue weighted by atomic mass is 10.1. The molecule has 1 amide bonds. The summed E-state index contributed by atoms with van der Waals surface area (Å²) in [5.41, 5.74) is 2.90. The third kappa shape index (κ3) is 5.05. The van der Waals surface area contributed by atoms with Gasteiger partial charge in [0.2, 0.25) is 0 Å². The minimum absolute atomic E-state index is 0.0728. The Morgan fingerprint density at radius 1 is 1.32 bits per heavy atom. The summed E-state index contributed by atoms with van der Waals surface area (Å²) in [5, 5.41) is 17.6. The highest BCUT2D eigenvalue weighted by molar-refractivity contribution is 9.10. The second kappa shape index (κ2) is 9.82. The highest BCUT2D eigenvalue weighted by Gasteiger charge is 2.20. The summed E-state index contributed by atoms with van der Waals surface area (Å²) in [6.07, 6.45) is 1.48. The van der Waals surface area contributed by atoms with Crippen molar-refractivity contribution < 1.29 is 9.53 Å². The fourth-order valence-electron chi connectivity index (χ4n) is 2.78. The molecule has 3 rings (SSSR count). The van der Waals surface area contributed by atoms with Gasteiger partial charge in [-0.3, -0.25) is 9.59 Å². The lowest BCUT2D eigenvalue weighted by molar-refractivity contribution is 0.0947. The van der Waals surface area contributed by atoms with E-state index < -0.39 is 11.5 Å². The molecule has 156 valence electrons. The summed E-state index contributed by atoms with van der Waals surface area (Å²) in [4.78, 5) is 25.4. The number of nitrogens with zero attached hydrogens (tertiary/aromatic N) is 4. The van der Waals surface area contributed by atoms with Crippen LogP contribution in [0.4, 0.5) is 0 Å². The average Bonchev–Trinajstić information content (AvgIpc) is 2.75. The van der Waals surface area contributed by atoms with Gasteiger partial charge in [-0.05, 0) is 55.8 Å². The number of rotatable bonds is 6. The molecule has 0 spiro atoms. The van der Waals surface area contributed by atoms with E-state index in [2.05, 4.69) is 31.6 Å². The maximum atomic E-state index is 12.7. The quantitative estimate of drug-likeness (QED) is 0.430. The molecule has 1 heterocycles. The van der Waals surface area contributed by atoms with E-state index in [0.717, 1.165) is 14.7 Å². The Kier molecular flexibility index (Phi) is 6.95. The van der Waals surface area contributed by atoms with Crippen molar-refractivity contribution in [1.29, 1.82) is 5.26 Å². The molecule has 1 N–H and O–H groups in total. The smallest absolute Gasteiger partial charge is 0.292 e. The van der Waals surface area contributed by atoms with E-state index in [-0.39, 0.29) is 16.8 Å². The van der Waals surface area contributed by atoms with Crippen molar-refractivity contribution >= 4 is 28.1 Å². The van der Waals surface area contributed by atoms with E-state index in [1.54, 1.807) is 24.3 Å². The lowest BCUT2D eigenvalue weighted by Crippen LogP contribution is -2.31. The number of amides is 1. The van der Waals surface area contributed by atoms with Gasteiger partial charge in [-0.2, -0.15) is 20.1 Å². The number of nitriles is 1. The van der Waals surface area contributed by atoms with Gasteiger partial charge < -0.3 is 4.74 Å². The van der Waals surface area contributed by atoms with Gasteiger partial charge >= 0.3 is 0 Å². The molecule has 0 aliphatic carbocycles. The third-order valence-electron chi connectivity index (χ3n) is 4.28. The first-order valence-electron chi connectivity index (χ1n) is 9.30. The summed E-state index contributed by atoms with van der Waals surface area (Å²) in [6.45, 7) is 3.87. The molecule has 0 aliphatic heterocycles. The molecule has 0 fully saturated rings. The van der Waals surface area contributed by atoms with E-state index >= 15 is 0 Å². The van der Waals surface area contributed by atoms with E-state index in [1.165, 1.54) is 13.1 Å². The lowest BCUT2D eigenvalue weighted by Gasteiger charge is -2.11. The van der Waals surface area contributed by atoms with Crippen molar-refractivity contribution in [3.8, 4) is 17.5 Å². The number of ether oxygens (including phenoxy) is 1. The van der Waals surface area contributed by atoms with Crippen LogP contribution in [0, 0.1) is 18.3 Å². The molecule has 8 nitrogen and oxygen atoms in total. The molecule has 31 heavy (non-hydrogen) atoms. The van der Waals surface area contributed by atoms with Gasteiger partial charge in [0.1, 0.15) is 17.4 Å². The van der Waals surface area contributed by atoms with Crippen molar-refractivity contribution in [2.45, 2.75) is 13.8 Å². The third-order valence-corrected chi connectivity index (χ3v) is 4.78. The number of carbonyl (C=O) groups excluding carboxylic acids is 1. The molecule has 0 atom stereocenters. The minimum atomic E-state index is -0.639. The van der Waals surface area contributed by atoms with Gasteiger partial charge in [0.15, 0.2) is 5.69 Å². The number of hydrogen-bond donors (Lipinski definition) is 1. The Balaban J connectivity index is 1.94. The van der Waals surface area contributed by atoms with Crippen LogP contribution in [-0.4, -0.2) is 28.5 Å². The highest BCUT2D eigenvalue weighted by Crippen LogP contribution is 2.15. The Morgan fingerprint density at radius 3 is 2.71 bits per heavy atom. The Labute approximate surface area is 186 Å². The summed E-state index contributed by atoms with van der Waals surface area (Å²) < 4.78 is 7.30. The van der Waals surface area contributed by atoms with Crippen molar-refractivity contribution in [2.75, 3.05) is 6.61 Å². The van der Waals surface area contributed by atoms with E-state index in [9.17, 15) is 14.9 Å². The van der Waals surface area contributed by atoms with E-state index in [1.807, 2.05) is 37.3 Å². The molecule has 0 unspecified atom stereocenters. The van der Waals surface area contributed by atoms with Crippen LogP contribution in [0.25, 0.3) is 5.69 Å². The van der Waals surface area contributed by atoms with Gasteiger partial charge in [-0.25, -0.2) is 5.43 Å². The van der Waals surface area contributed by atoms with Crippen molar-refractivity contribution in [3.05, 3.63) is 85.7 Å². The molecule has 0 saturated carbocycles. The van der Waals surface area contributed by atoms with E-state index in [0.29, 0.717) is 18.0 Å². The van der Waals surface area contributed by atoms with Crippen LogP contribution in [0.2, 0.25) is 0 Å². The number of benzene rings is 2. The van der Waals surface area contributed by atoms with Gasteiger partial charge in [-0.15, -0.1) is 0 Å². The van der Waals surface area contributed by atoms with Crippen LogP contribution in [0.5, 0.6) is 5.75 Å². The van der Waals surface area contributed by atoms with Crippen molar-refractivity contribution in [2.24, 2.45) is 5.10 Å². The maximum Gasteiger partial charge on any atom is 0.292 e. The Hall–Kier alpha value is -3.77. The molecule has 2 aromatic carbocycles. The monoisotopic (exact) mass is 479 g/mol. The van der Waals surface area contributed by atoms with Crippen LogP contribution >= 0.6 is 15.9 Å². The van der Waals surface area contributed by atoms with Crippen LogP contribution in [0.15, 0.2) is 62.9 Å². The van der Waals surface area contributed by atoms with Gasteiger partial charge in [0.25, 0.3) is 11.5 Å². The van der Waals surface area contributed by atoms with Gasteiger partial charge in [0, 0.05) is 10.0 Å². The topological polar surface area (TPSA) is 109 Å². The maximum absolute atomic E-state index is 12.7. The molecular formula is C22H18BrN5O3. The first kappa shape index (κ1) is 21.9. The van der Waals surface area contributed by atoms with Gasteiger partial charge in [0.05, 0.1) is 18.5 Å². The summed E-state index contributed by atoms with van der Waals surface area (Å²) in [5.74, 6) is -0.00768. The number of hydrazone groups is 1. The van der Waals surface area contributed by atoms with Crippen molar-refractivity contribution in [3.63, 3.8) is 0 Å². The number of hydrogen-bond acceptors (Lipinski definition) is 6. The predicted octanol–water partition coefficient (Wildman–Crippen LogP) is 3.34. The Morgan fingerprint density at radius 2 is 2.06 bits per heavy atom. The van der Waals surface area contributed by atoms with Gasteiger partial charge in [-0.1, -0.05) is 28.1 Å². The van der Waals surface area contributed by atoms with Crippen LogP contribution in [-0.2, 0) is 0 Å². The number of aromatic nitrogens is 2. The molecule has 9 heteroatoms. The first-order valence-corrected chi connectivity index (χ1v) is 10.1. The number of carbonyl (C=O) groups is 1. The minimum Gasteiger partial charge on any atom is -0.494 e. The Bertz CT molecular complexity index is 1240.